The zero-order valence-electron chi connectivity index (χ0n) is 36.6. The van der Waals surface area contributed by atoms with E-state index in [2.05, 4.69) is 60.4 Å². The fourth-order valence-electron chi connectivity index (χ4n) is 10.4. The van der Waals surface area contributed by atoms with Crippen LogP contribution in [0.3, 0.4) is 0 Å². The van der Waals surface area contributed by atoms with Gasteiger partial charge in [0, 0.05) is 24.2 Å². The number of imidazole rings is 2. The lowest BCUT2D eigenvalue weighted by molar-refractivity contribution is -0.136. The molecule has 14 heteroatoms. The monoisotopic (exact) mass is 812 g/mol. The van der Waals surface area contributed by atoms with E-state index in [1.807, 2.05) is 49.9 Å². The number of nitrogens with zero attached hydrogens (tertiary/aromatic N) is 4. The predicted octanol–water partition coefficient (Wildman–Crippen LogP) is 7.49. The van der Waals surface area contributed by atoms with Gasteiger partial charge in [0.15, 0.2) is 0 Å². The summed E-state index contributed by atoms with van der Waals surface area (Å²) in [6, 6.07) is 2.39. The maximum Gasteiger partial charge on any atom is 0.407 e. The van der Waals surface area contributed by atoms with Gasteiger partial charge in [-0.15, -0.1) is 0 Å². The van der Waals surface area contributed by atoms with Gasteiger partial charge in [0.05, 0.1) is 50.1 Å². The number of aromatic nitrogens is 4. The molecule has 2 aromatic heterocycles. The van der Waals surface area contributed by atoms with Crippen molar-refractivity contribution in [2.24, 2.45) is 28.1 Å². The predicted molar refractivity (Wildman–Crippen MR) is 224 cm³/mol. The summed E-state index contributed by atoms with van der Waals surface area (Å²) in [7, 11) is 2.61. The second-order valence-corrected chi connectivity index (χ2v) is 20.0. The summed E-state index contributed by atoms with van der Waals surface area (Å²) in [6.45, 7) is 17.4. The van der Waals surface area contributed by atoms with Gasteiger partial charge < -0.3 is 39.9 Å². The maximum absolute atomic E-state index is 14.1. The number of alkyl carbamates (subject to hydrolysis) is 2. The van der Waals surface area contributed by atoms with E-state index in [4.69, 9.17) is 19.4 Å². The summed E-state index contributed by atoms with van der Waals surface area (Å²) >= 11 is 0. The molecule has 2 aliphatic carbocycles. The van der Waals surface area contributed by atoms with E-state index in [-0.39, 0.29) is 52.0 Å². The van der Waals surface area contributed by atoms with Gasteiger partial charge in [0.1, 0.15) is 23.7 Å². The highest BCUT2D eigenvalue weighted by Gasteiger charge is 2.47. The van der Waals surface area contributed by atoms with Crippen LogP contribution in [0.1, 0.15) is 129 Å². The minimum absolute atomic E-state index is 0.132. The Hall–Kier alpha value is -4.88. The summed E-state index contributed by atoms with van der Waals surface area (Å²) in [6.07, 6.45) is 10.9. The molecular formula is C45H64N8O6. The van der Waals surface area contributed by atoms with Crippen molar-refractivity contribution in [1.82, 2.24) is 40.4 Å². The van der Waals surface area contributed by atoms with E-state index < -0.39 is 24.3 Å². The number of ether oxygens (including phenoxy) is 2. The van der Waals surface area contributed by atoms with Crippen molar-refractivity contribution in [2.75, 3.05) is 27.3 Å². The van der Waals surface area contributed by atoms with Crippen LogP contribution in [0.4, 0.5) is 9.59 Å². The summed E-state index contributed by atoms with van der Waals surface area (Å²) in [5.41, 5.74) is 6.68. The number of aromatic amines is 2. The minimum Gasteiger partial charge on any atom is -0.453 e. The molecular weight excluding hydrogens is 749 g/mol. The van der Waals surface area contributed by atoms with E-state index in [0.717, 1.165) is 59.8 Å². The Morgan fingerprint density at radius 3 is 1.44 bits per heavy atom. The maximum atomic E-state index is 14.1. The van der Waals surface area contributed by atoms with Gasteiger partial charge in [0.2, 0.25) is 11.8 Å². The van der Waals surface area contributed by atoms with Crippen molar-refractivity contribution in [3.05, 3.63) is 47.3 Å². The van der Waals surface area contributed by atoms with Gasteiger partial charge in [-0.3, -0.25) is 9.59 Å². The molecule has 0 radical (unpaired) electrons. The highest BCUT2D eigenvalue weighted by Crippen LogP contribution is 2.53. The molecule has 2 aliphatic heterocycles. The van der Waals surface area contributed by atoms with Crippen LogP contribution in [0, 0.1) is 28.1 Å². The van der Waals surface area contributed by atoms with Gasteiger partial charge in [-0.1, -0.05) is 80.4 Å². The quantitative estimate of drug-likeness (QED) is 0.163. The van der Waals surface area contributed by atoms with E-state index in [1.165, 1.54) is 51.0 Å². The smallest absolute Gasteiger partial charge is 0.407 e. The van der Waals surface area contributed by atoms with Crippen molar-refractivity contribution >= 4 is 24.0 Å². The minimum atomic E-state index is -0.723. The summed E-state index contributed by atoms with van der Waals surface area (Å²) in [5.74, 6) is 0.933. The number of nitrogens with one attached hydrogen (secondary N) is 4. The first-order chi connectivity index (χ1) is 27.8. The van der Waals surface area contributed by atoms with Gasteiger partial charge in [-0.25, -0.2) is 19.6 Å². The molecule has 59 heavy (non-hydrogen) atoms. The number of amides is 4. The molecule has 0 bridgehead atoms. The Labute approximate surface area is 348 Å². The third-order valence-electron chi connectivity index (χ3n) is 13.4. The third kappa shape index (κ3) is 8.33. The molecule has 4 atom stereocenters. The van der Waals surface area contributed by atoms with Crippen LogP contribution in [-0.4, -0.2) is 93.1 Å². The number of fused-ring (bicyclic) bond motifs is 1. The lowest BCUT2D eigenvalue weighted by Gasteiger charge is -2.30. The second-order valence-electron chi connectivity index (χ2n) is 20.0. The molecule has 1 spiro atoms. The summed E-state index contributed by atoms with van der Waals surface area (Å²) in [5, 5.41) is 5.53. The normalized spacial score (nSPS) is 22.5. The molecule has 1 unspecified atom stereocenters. The highest BCUT2D eigenvalue weighted by atomic mass is 16.5. The van der Waals surface area contributed by atoms with Gasteiger partial charge in [0.25, 0.3) is 0 Å². The lowest BCUT2D eigenvalue weighted by atomic mass is 9.83. The fourth-order valence-corrected chi connectivity index (χ4v) is 10.4. The average molecular weight is 813 g/mol. The number of methoxy groups -OCH3 is 2. The largest absolute Gasteiger partial charge is 0.453 e. The van der Waals surface area contributed by atoms with Crippen LogP contribution in [0.25, 0.3) is 22.5 Å². The van der Waals surface area contributed by atoms with Crippen LogP contribution in [0.2, 0.25) is 0 Å². The molecule has 4 aliphatic rings. The van der Waals surface area contributed by atoms with Crippen molar-refractivity contribution < 1.29 is 28.7 Å². The summed E-state index contributed by atoms with van der Waals surface area (Å²) < 4.78 is 9.71. The number of H-pyrrole nitrogens is 2. The zero-order valence-corrected chi connectivity index (χ0v) is 36.6. The van der Waals surface area contributed by atoms with Gasteiger partial charge in [-0.2, -0.15) is 0 Å². The Morgan fingerprint density at radius 2 is 1.08 bits per heavy atom. The molecule has 4 N–H and O–H groups in total. The number of hydrogen-bond donors (Lipinski definition) is 4. The Kier molecular flexibility index (Phi) is 11.4. The van der Waals surface area contributed by atoms with Crippen LogP contribution < -0.4 is 10.6 Å². The molecule has 1 aromatic carbocycles. The summed E-state index contributed by atoms with van der Waals surface area (Å²) in [4.78, 5) is 73.6. The van der Waals surface area contributed by atoms with E-state index in [9.17, 15) is 19.2 Å². The first kappa shape index (κ1) is 42.3. The van der Waals surface area contributed by atoms with Crippen LogP contribution in [-0.2, 0) is 31.9 Å². The van der Waals surface area contributed by atoms with Gasteiger partial charge >= 0.3 is 12.2 Å². The van der Waals surface area contributed by atoms with Crippen molar-refractivity contribution in [2.45, 2.75) is 131 Å². The molecule has 2 saturated heterocycles. The number of carbonyl (C=O) groups excluding carboxylic acids is 4. The standard InChI is InChI=1S/C45H64N8O6/c1-25(2)35(50-41(56)58-9)39(54)52-23-43(5,6)19-33(52)37-46-21-31(48-37)27-13-14-28(30-18-45(17-29(27)30)15-11-12-16-45)32-22-47-38(49-32)34-20-44(7,8)24-53(34)40(55)36(26(3)4)51-42(57)59-10/h13-14,21-22,25-26,33-36H,11-12,15-20,23-24H2,1-10H3,(H,46,48)(H,47,49)(H,50,56)(H,51,57)/t33-,34?,35-,36-/m0/s1. The molecule has 320 valence electrons. The molecule has 4 heterocycles. The first-order valence-electron chi connectivity index (χ1n) is 21.4. The molecule has 14 nitrogen and oxygen atoms in total. The number of rotatable bonds is 10. The molecule has 3 fully saturated rings. The number of likely N-dealkylation sites (tertiary alicyclic amines) is 2. The zero-order chi connectivity index (χ0) is 42.6. The second kappa shape index (κ2) is 15.9. The van der Waals surface area contributed by atoms with Crippen LogP contribution in [0.5, 0.6) is 0 Å². The van der Waals surface area contributed by atoms with Crippen molar-refractivity contribution in [1.29, 1.82) is 0 Å². The van der Waals surface area contributed by atoms with E-state index in [0.29, 0.717) is 13.1 Å². The van der Waals surface area contributed by atoms with Crippen molar-refractivity contribution in [3.8, 4) is 22.5 Å². The molecule has 7 rings (SSSR count). The third-order valence-corrected chi connectivity index (χ3v) is 13.4. The topological polar surface area (TPSA) is 175 Å². The Morgan fingerprint density at radius 1 is 0.695 bits per heavy atom. The number of benzene rings is 1. The highest BCUT2D eigenvalue weighted by molar-refractivity contribution is 5.87. The molecule has 1 saturated carbocycles. The van der Waals surface area contributed by atoms with Crippen LogP contribution in [0.15, 0.2) is 24.5 Å². The van der Waals surface area contributed by atoms with E-state index in [1.54, 1.807) is 0 Å². The Bertz CT molecular complexity index is 1940. The average Bonchev–Trinajstić information content (AvgIpc) is 4.04. The molecule has 3 aromatic rings. The fraction of sp³-hybridized carbons (Fsp3) is 0.644. The molecule has 4 amide bonds. The number of hydrogen-bond acceptors (Lipinski definition) is 8. The SMILES string of the molecule is COC(=O)N[C@H](C(=O)N1CC(C)(C)CC1c1ncc(-c2ccc(-c3cnc([C@@H]4CC(C)(C)CN4C(=O)[C@@H](NC(=O)OC)C(C)C)[nH]3)c3c2CC2(CCCC2)C3)[nH]1)C(C)C. The van der Waals surface area contributed by atoms with Crippen LogP contribution >= 0.6 is 0 Å². The van der Waals surface area contributed by atoms with Gasteiger partial charge in [-0.05, 0) is 77.7 Å². The Balaban J connectivity index is 1.20. The first-order valence-corrected chi connectivity index (χ1v) is 21.4. The van der Waals surface area contributed by atoms with Crippen molar-refractivity contribution in [3.63, 3.8) is 0 Å². The lowest BCUT2D eigenvalue weighted by Crippen LogP contribution is -2.51. The number of carbonyl (C=O) groups is 4. The van der Waals surface area contributed by atoms with E-state index >= 15 is 0 Å².